The number of carbonyl (C=O) groups excluding carboxylic acids is 1. The maximum Gasteiger partial charge on any atom is 0.245 e. The molecule has 0 aliphatic rings. The van der Waals surface area contributed by atoms with Crippen LogP contribution in [-0.4, -0.2) is 34.9 Å². The fourth-order valence-corrected chi connectivity index (χ4v) is 5.81. The van der Waals surface area contributed by atoms with Crippen LogP contribution in [0.25, 0.3) is 0 Å². The second-order valence-corrected chi connectivity index (χ2v) is 15.7. The highest BCUT2D eigenvalue weighted by atomic mass is 32.2. The van der Waals surface area contributed by atoms with Gasteiger partial charge in [-0.2, -0.15) is 0 Å². The highest BCUT2D eigenvalue weighted by Crippen LogP contribution is 2.20. The number of anilines is 1. The van der Waals surface area contributed by atoms with Crippen LogP contribution in [0.2, 0.25) is 19.6 Å². The molecule has 0 aromatic heterocycles. The van der Waals surface area contributed by atoms with Gasteiger partial charge in [0.15, 0.2) is 15.3 Å². The number of hydrogen-bond donors (Lipinski definition) is 2. The Kier molecular flexibility index (Phi) is 7.74. The normalized spacial score (nSPS) is 14.2. The summed E-state index contributed by atoms with van der Waals surface area (Å²) in [6, 6.07) is 7.28. The quantitative estimate of drug-likeness (QED) is 0.578. The molecule has 2 aromatic carbocycles. The van der Waals surface area contributed by atoms with Gasteiger partial charge in [0.1, 0.15) is 17.7 Å². The first-order valence-electron chi connectivity index (χ1n) is 9.65. The Bertz CT molecular complexity index is 1030. The van der Waals surface area contributed by atoms with E-state index in [9.17, 15) is 22.0 Å². The predicted octanol–water partition coefficient (Wildman–Crippen LogP) is 3.06. The molecule has 0 aliphatic carbocycles. The molecule has 0 bridgehead atoms. The zero-order valence-corrected chi connectivity index (χ0v) is 20.0. The molecule has 2 unspecified atom stereocenters. The molecule has 31 heavy (non-hydrogen) atoms. The van der Waals surface area contributed by atoms with Crippen molar-refractivity contribution < 1.29 is 26.7 Å². The summed E-state index contributed by atoms with van der Waals surface area (Å²) < 4.78 is 57.9. The summed E-state index contributed by atoms with van der Waals surface area (Å²) in [5.41, 5.74) is 5.97. The van der Waals surface area contributed by atoms with Crippen molar-refractivity contribution in [3.8, 4) is 0 Å². The van der Waals surface area contributed by atoms with Gasteiger partial charge < -0.3 is 15.8 Å². The van der Waals surface area contributed by atoms with E-state index in [0.29, 0.717) is 11.1 Å². The Morgan fingerprint density at radius 3 is 2.10 bits per heavy atom. The number of halogens is 2. The van der Waals surface area contributed by atoms with Gasteiger partial charge in [-0.05, 0) is 30.2 Å². The van der Waals surface area contributed by atoms with Crippen molar-refractivity contribution in [3.05, 3.63) is 59.2 Å². The molecule has 170 valence electrons. The third-order valence-electron chi connectivity index (χ3n) is 4.89. The number of nitrogens with one attached hydrogen (secondary N) is 1. The van der Waals surface area contributed by atoms with Crippen LogP contribution in [0.4, 0.5) is 14.5 Å². The van der Waals surface area contributed by atoms with E-state index in [0.717, 1.165) is 12.1 Å². The van der Waals surface area contributed by atoms with Crippen molar-refractivity contribution in [2.45, 2.75) is 43.8 Å². The van der Waals surface area contributed by atoms with Gasteiger partial charge in [0.25, 0.3) is 0 Å². The lowest BCUT2D eigenvalue weighted by Crippen LogP contribution is -2.42. The zero-order chi connectivity index (χ0) is 23.6. The molecule has 0 saturated carbocycles. The molecule has 0 aliphatic heterocycles. The van der Waals surface area contributed by atoms with Crippen molar-refractivity contribution >= 4 is 34.7 Å². The fraction of sp³-hybridized carbons (Fsp3) is 0.381. The first-order chi connectivity index (χ1) is 14.3. The monoisotopic (exact) mass is 470 g/mol. The van der Waals surface area contributed by atoms with E-state index in [1.165, 1.54) is 14.0 Å². The molecule has 0 heterocycles. The molecule has 3 N–H and O–H groups in total. The lowest BCUT2D eigenvalue weighted by molar-refractivity contribution is -0.117. The summed E-state index contributed by atoms with van der Waals surface area (Å²) in [4.78, 5) is 12.5. The smallest absolute Gasteiger partial charge is 0.245 e. The van der Waals surface area contributed by atoms with Crippen LogP contribution >= 0.6 is 0 Å². The van der Waals surface area contributed by atoms with E-state index in [2.05, 4.69) is 5.32 Å². The summed E-state index contributed by atoms with van der Waals surface area (Å²) in [6.07, 6.45) is 0. The summed E-state index contributed by atoms with van der Waals surface area (Å²) in [5.74, 6) is -2.25. The van der Waals surface area contributed by atoms with E-state index < -0.39 is 46.9 Å². The number of methoxy groups -OCH3 is 1. The molecule has 0 radical (unpaired) electrons. The number of hydrogen-bond acceptors (Lipinski definition) is 5. The zero-order valence-electron chi connectivity index (χ0n) is 18.2. The molecule has 0 fully saturated rings. The molecule has 0 saturated heterocycles. The van der Waals surface area contributed by atoms with Crippen LogP contribution in [-0.2, 0) is 25.1 Å². The van der Waals surface area contributed by atoms with Gasteiger partial charge in [-0.25, -0.2) is 17.2 Å². The largest absolute Gasteiger partial charge is 0.366 e. The van der Waals surface area contributed by atoms with E-state index in [1.807, 2.05) is 19.6 Å². The highest BCUT2D eigenvalue weighted by Gasteiger charge is 2.26. The minimum Gasteiger partial charge on any atom is -0.366 e. The first kappa shape index (κ1) is 25.1. The van der Waals surface area contributed by atoms with Crippen LogP contribution in [0, 0.1) is 11.6 Å². The van der Waals surface area contributed by atoms with Gasteiger partial charge >= 0.3 is 0 Å². The SMILES string of the molecule is COC(C)S(=O)(=O)Cc1ccc(C(N)C(=O)Nc2cc(F)c([Si](C)(C)C)c(F)c2)cc1. The molecule has 2 aromatic rings. The van der Waals surface area contributed by atoms with E-state index in [1.54, 1.807) is 24.3 Å². The third-order valence-corrected chi connectivity index (χ3v) is 8.80. The summed E-state index contributed by atoms with van der Waals surface area (Å²) in [5, 5.41) is 2.51. The Morgan fingerprint density at radius 1 is 1.13 bits per heavy atom. The van der Waals surface area contributed by atoms with Crippen molar-refractivity contribution in [1.29, 1.82) is 0 Å². The predicted molar refractivity (Wildman–Crippen MR) is 120 cm³/mol. The number of benzene rings is 2. The van der Waals surface area contributed by atoms with Crippen molar-refractivity contribution in [3.63, 3.8) is 0 Å². The average molecular weight is 471 g/mol. The summed E-state index contributed by atoms with van der Waals surface area (Å²) in [6.45, 7) is 6.93. The van der Waals surface area contributed by atoms with Crippen molar-refractivity contribution in [2.75, 3.05) is 12.4 Å². The van der Waals surface area contributed by atoms with Gasteiger partial charge in [0, 0.05) is 18.0 Å². The van der Waals surface area contributed by atoms with Gasteiger partial charge in [-0.3, -0.25) is 4.79 Å². The van der Waals surface area contributed by atoms with Gasteiger partial charge in [0.05, 0.1) is 13.8 Å². The second-order valence-electron chi connectivity index (χ2n) is 8.38. The van der Waals surface area contributed by atoms with Crippen LogP contribution in [0.3, 0.4) is 0 Å². The first-order valence-corrected chi connectivity index (χ1v) is 14.9. The maximum absolute atomic E-state index is 14.4. The van der Waals surface area contributed by atoms with Gasteiger partial charge in [-0.15, -0.1) is 0 Å². The Morgan fingerprint density at radius 2 is 1.65 bits per heavy atom. The van der Waals surface area contributed by atoms with E-state index >= 15 is 0 Å². The van der Waals surface area contributed by atoms with E-state index in [4.69, 9.17) is 10.5 Å². The molecule has 2 atom stereocenters. The Balaban J connectivity index is 2.14. The molecular weight excluding hydrogens is 442 g/mol. The van der Waals surface area contributed by atoms with Crippen molar-refractivity contribution in [2.24, 2.45) is 5.73 Å². The molecule has 1 amide bonds. The minimum absolute atomic E-state index is 0.0197. The lowest BCUT2D eigenvalue weighted by atomic mass is 10.1. The second kappa shape index (κ2) is 9.56. The topological polar surface area (TPSA) is 98.5 Å². The summed E-state index contributed by atoms with van der Waals surface area (Å²) in [7, 11) is -4.39. The van der Waals surface area contributed by atoms with Crippen LogP contribution in [0.1, 0.15) is 24.1 Å². The maximum atomic E-state index is 14.4. The van der Waals surface area contributed by atoms with E-state index in [-0.39, 0.29) is 16.6 Å². The molecule has 6 nitrogen and oxygen atoms in total. The molecule has 0 spiro atoms. The number of amides is 1. The standard InChI is InChI=1S/C21H28F2N2O4SSi/c1-13(29-2)30(27,28)12-14-6-8-15(9-7-14)19(24)21(26)25-16-10-17(22)20(18(23)11-16)31(3,4)5/h6-11,13,19H,12,24H2,1-5H3,(H,25,26). The van der Waals surface area contributed by atoms with Gasteiger partial charge in [-0.1, -0.05) is 43.9 Å². The number of nitrogens with two attached hydrogens (primary N) is 1. The Labute approximate surface area is 182 Å². The highest BCUT2D eigenvalue weighted by molar-refractivity contribution is 7.91. The van der Waals surface area contributed by atoms with Crippen LogP contribution in [0.15, 0.2) is 36.4 Å². The molecular formula is C21H28F2N2O4SSi. The Hall–Kier alpha value is -2.14. The van der Waals surface area contributed by atoms with Crippen LogP contribution < -0.4 is 16.2 Å². The third kappa shape index (κ3) is 6.19. The number of rotatable bonds is 8. The van der Waals surface area contributed by atoms with Crippen molar-refractivity contribution in [1.82, 2.24) is 0 Å². The number of carbonyl (C=O) groups is 1. The fourth-order valence-electron chi connectivity index (χ4n) is 3.05. The number of sulfone groups is 1. The minimum atomic E-state index is -3.48. The molecule has 2 rings (SSSR count). The lowest BCUT2D eigenvalue weighted by Gasteiger charge is -2.20. The molecule has 10 heteroatoms. The average Bonchev–Trinajstić information content (AvgIpc) is 2.65. The van der Waals surface area contributed by atoms with Crippen LogP contribution in [0.5, 0.6) is 0 Å². The summed E-state index contributed by atoms with van der Waals surface area (Å²) >= 11 is 0. The number of ether oxygens (including phenoxy) is 1. The van der Waals surface area contributed by atoms with Gasteiger partial charge in [0.2, 0.25) is 5.91 Å².